The molecule has 0 rings (SSSR count). The molecule has 7 N–H and O–H groups in total. The number of carbonyl (C=O) groups is 3. The number of rotatable bonds is 9. The quantitative estimate of drug-likeness (QED) is 0.334. The van der Waals surface area contributed by atoms with Crippen molar-refractivity contribution in [3.63, 3.8) is 0 Å². The van der Waals surface area contributed by atoms with E-state index < -0.39 is 18.0 Å². The van der Waals surface area contributed by atoms with Crippen molar-refractivity contribution in [3.05, 3.63) is 0 Å². The summed E-state index contributed by atoms with van der Waals surface area (Å²) in [5, 5.41) is 7.91. The zero-order valence-corrected chi connectivity index (χ0v) is 12.2. The van der Waals surface area contributed by atoms with Crippen molar-refractivity contribution in [1.82, 2.24) is 16.0 Å². The SMILES string of the molecule is CN[C@H](C(=O)N[C@@H](CCCNC(N)=O)C(N)=O)C(C)C. The van der Waals surface area contributed by atoms with Gasteiger partial charge in [0.15, 0.2) is 0 Å². The number of carbonyl (C=O) groups excluding carboxylic acids is 3. The molecule has 2 atom stereocenters. The van der Waals surface area contributed by atoms with Gasteiger partial charge in [-0.05, 0) is 25.8 Å². The number of likely N-dealkylation sites (N-methyl/N-ethyl adjacent to an activating group) is 1. The fourth-order valence-electron chi connectivity index (χ4n) is 1.83. The third kappa shape index (κ3) is 6.93. The molecule has 0 aromatic carbocycles. The highest BCUT2D eigenvalue weighted by Crippen LogP contribution is 2.03. The summed E-state index contributed by atoms with van der Waals surface area (Å²) in [4.78, 5) is 33.8. The summed E-state index contributed by atoms with van der Waals surface area (Å²) in [6, 6.07) is -1.77. The van der Waals surface area contributed by atoms with Crippen molar-refractivity contribution in [3.8, 4) is 0 Å². The molecule has 0 aromatic rings. The molecular formula is C12H25N5O3. The van der Waals surface area contributed by atoms with E-state index in [9.17, 15) is 14.4 Å². The highest BCUT2D eigenvalue weighted by Gasteiger charge is 2.24. The van der Waals surface area contributed by atoms with Crippen molar-refractivity contribution in [2.75, 3.05) is 13.6 Å². The summed E-state index contributed by atoms with van der Waals surface area (Å²) in [6.07, 6.45) is 0.832. The zero-order chi connectivity index (χ0) is 15.7. The fraction of sp³-hybridized carbons (Fsp3) is 0.750. The second-order valence-electron chi connectivity index (χ2n) is 4.91. The van der Waals surface area contributed by atoms with Crippen molar-refractivity contribution in [1.29, 1.82) is 0 Å². The van der Waals surface area contributed by atoms with Gasteiger partial charge in [-0.2, -0.15) is 0 Å². The Hall–Kier alpha value is -1.83. The van der Waals surface area contributed by atoms with Crippen LogP contribution in [0.1, 0.15) is 26.7 Å². The molecule has 20 heavy (non-hydrogen) atoms. The van der Waals surface area contributed by atoms with E-state index in [2.05, 4.69) is 16.0 Å². The molecule has 0 bridgehead atoms. The van der Waals surface area contributed by atoms with Gasteiger partial charge in [-0.3, -0.25) is 9.59 Å². The van der Waals surface area contributed by atoms with E-state index >= 15 is 0 Å². The summed E-state index contributed by atoms with van der Waals surface area (Å²) in [5.74, 6) is -0.782. The van der Waals surface area contributed by atoms with Crippen LogP contribution in [-0.2, 0) is 9.59 Å². The van der Waals surface area contributed by atoms with Gasteiger partial charge >= 0.3 is 6.03 Å². The molecule has 0 unspecified atom stereocenters. The van der Waals surface area contributed by atoms with E-state index in [4.69, 9.17) is 11.5 Å². The number of hydrogen-bond donors (Lipinski definition) is 5. The minimum absolute atomic E-state index is 0.0880. The highest BCUT2D eigenvalue weighted by molar-refractivity contribution is 5.89. The molecule has 0 spiro atoms. The van der Waals surface area contributed by atoms with Crippen LogP contribution in [0.2, 0.25) is 0 Å². The van der Waals surface area contributed by atoms with E-state index in [-0.39, 0.29) is 17.9 Å². The first-order valence-corrected chi connectivity index (χ1v) is 6.59. The van der Waals surface area contributed by atoms with Crippen LogP contribution in [0.25, 0.3) is 0 Å². The molecule has 0 aliphatic carbocycles. The molecule has 8 nitrogen and oxygen atoms in total. The summed E-state index contributed by atoms with van der Waals surface area (Å²) in [7, 11) is 1.68. The van der Waals surface area contributed by atoms with Gasteiger partial charge in [0.25, 0.3) is 0 Å². The molecule has 0 saturated heterocycles. The molecule has 0 aromatic heterocycles. The molecule has 8 heteroatoms. The van der Waals surface area contributed by atoms with Crippen molar-refractivity contribution in [2.45, 2.75) is 38.8 Å². The number of nitrogens with two attached hydrogens (primary N) is 2. The van der Waals surface area contributed by atoms with E-state index in [1.165, 1.54) is 0 Å². The lowest BCUT2D eigenvalue weighted by atomic mass is 10.0. The molecule has 0 heterocycles. The van der Waals surface area contributed by atoms with Gasteiger partial charge in [0, 0.05) is 6.54 Å². The van der Waals surface area contributed by atoms with Crippen LogP contribution in [0.3, 0.4) is 0 Å². The predicted octanol–water partition coefficient (Wildman–Crippen LogP) is -1.35. The maximum atomic E-state index is 12.0. The van der Waals surface area contributed by atoms with Crippen molar-refractivity contribution >= 4 is 17.8 Å². The predicted molar refractivity (Wildman–Crippen MR) is 75.6 cm³/mol. The highest BCUT2D eigenvalue weighted by atomic mass is 16.2. The fourth-order valence-corrected chi connectivity index (χ4v) is 1.83. The van der Waals surface area contributed by atoms with Crippen molar-refractivity contribution in [2.24, 2.45) is 17.4 Å². The standard InChI is InChI=1S/C12H25N5O3/c1-7(2)9(15-3)11(19)17-8(10(13)18)5-4-6-16-12(14)20/h7-9,15H,4-6H2,1-3H3,(H2,13,18)(H,17,19)(H3,14,16,20)/t8-,9-/m0/s1. The van der Waals surface area contributed by atoms with Gasteiger partial charge in [-0.25, -0.2) is 4.79 Å². The average molecular weight is 287 g/mol. The van der Waals surface area contributed by atoms with E-state index in [1.807, 2.05) is 13.8 Å². The number of primary amides is 2. The zero-order valence-electron chi connectivity index (χ0n) is 12.2. The maximum Gasteiger partial charge on any atom is 0.312 e. The van der Waals surface area contributed by atoms with Crippen LogP contribution in [0.4, 0.5) is 4.79 Å². The number of hydrogen-bond acceptors (Lipinski definition) is 4. The van der Waals surface area contributed by atoms with Gasteiger partial charge < -0.3 is 27.4 Å². The molecular weight excluding hydrogens is 262 g/mol. The Labute approximate surface area is 119 Å². The molecule has 0 saturated carbocycles. The summed E-state index contributed by atoms with van der Waals surface area (Å²) in [6.45, 7) is 4.13. The van der Waals surface area contributed by atoms with E-state index in [0.717, 1.165) is 0 Å². The Kier molecular flexibility index (Phi) is 8.30. The van der Waals surface area contributed by atoms with Crippen LogP contribution in [0.15, 0.2) is 0 Å². The molecule has 0 aliphatic rings. The molecule has 0 fully saturated rings. The van der Waals surface area contributed by atoms with Crippen LogP contribution < -0.4 is 27.4 Å². The lowest BCUT2D eigenvalue weighted by Gasteiger charge is -2.23. The Morgan fingerprint density at radius 3 is 2.15 bits per heavy atom. The van der Waals surface area contributed by atoms with Gasteiger partial charge in [0.05, 0.1) is 6.04 Å². The van der Waals surface area contributed by atoms with Gasteiger partial charge in [-0.15, -0.1) is 0 Å². The minimum atomic E-state index is -0.758. The Morgan fingerprint density at radius 2 is 1.75 bits per heavy atom. The number of amides is 4. The summed E-state index contributed by atoms with van der Waals surface area (Å²) >= 11 is 0. The first kappa shape index (κ1) is 18.2. The Balaban J connectivity index is 4.36. The van der Waals surface area contributed by atoms with Gasteiger partial charge in [0.1, 0.15) is 6.04 Å². The van der Waals surface area contributed by atoms with Gasteiger partial charge in [-0.1, -0.05) is 13.8 Å². The van der Waals surface area contributed by atoms with Gasteiger partial charge in [0.2, 0.25) is 11.8 Å². The number of nitrogens with one attached hydrogen (secondary N) is 3. The molecule has 0 radical (unpaired) electrons. The summed E-state index contributed by atoms with van der Waals surface area (Å²) < 4.78 is 0. The van der Waals surface area contributed by atoms with Crippen molar-refractivity contribution < 1.29 is 14.4 Å². The van der Waals surface area contributed by atoms with Crippen LogP contribution >= 0.6 is 0 Å². The lowest BCUT2D eigenvalue weighted by molar-refractivity contribution is -0.129. The van der Waals surface area contributed by atoms with E-state index in [0.29, 0.717) is 19.4 Å². The third-order valence-corrected chi connectivity index (χ3v) is 2.89. The Bertz CT molecular complexity index is 346. The average Bonchev–Trinajstić information content (AvgIpc) is 2.32. The first-order valence-electron chi connectivity index (χ1n) is 6.59. The minimum Gasteiger partial charge on any atom is -0.368 e. The summed E-state index contributed by atoms with van der Waals surface area (Å²) in [5.41, 5.74) is 10.2. The largest absolute Gasteiger partial charge is 0.368 e. The third-order valence-electron chi connectivity index (χ3n) is 2.89. The van der Waals surface area contributed by atoms with Crippen LogP contribution in [0.5, 0.6) is 0 Å². The van der Waals surface area contributed by atoms with E-state index in [1.54, 1.807) is 7.05 Å². The second-order valence-corrected chi connectivity index (χ2v) is 4.91. The first-order chi connectivity index (χ1) is 9.29. The van der Waals surface area contributed by atoms with Crippen LogP contribution in [0, 0.1) is 5.92 Å². The maximum absolute atomic E-state index is 12.0. The van der Waals surface area contributed by atoms with Crippen LogP contribution in [-0.4, -0.2) is 43.5 Å². The molecule has 4 amide bonds. The molecule has 116 valence electrons. The Morgan fingerprint density at radius 1 is 1.15 bits per heavy atom. The normalized spacial score (nSPS) is 13.6. The smallest absolute Gasteiger partial charge is 0.312 e. The topological polar surface area (TPSA) is 139 Å². The lowest BCUT2D eigenvalue weighted by Crippen LogP contribution is -2.52. The molecule has 0 aliphatic heterocycles. The monoisotopic (exact) mass is 287 g/mol. The second kappa shape index (κ2) is 9.13. The number of urea groups is 1.